The lowest BCUT2D eigenvalue weighted by Crippen LogP contribution is -2.59. The third-order valence-corrected chi connectivity index (χ3v) is 9.25. The number of carbonyl (C=O) groups excluding carboxylic acids is 2. The van der Waals surface area contributed by atoms with Crippen LogP contribution in [0.2, 0.25) is 5.02 Å². The smallest absolute Gasteiger partial charge is 0.267 e. The van der Waals surface area contributed by atoms with Crippen molar-refractivity contribution < 1.29 is 9.59 Å². The molecule has 32 heavy (non-hydrogen) atoms. The highest BCUT2D eigenvalue weighted by molar-refractivity contribution is 7.21. The van der Waals surface area contributed by atoms with Gasteiger partial charge in [-0.3, -0.25) is 9.59 Å². The van der Waals surface area contributed by atoms with E-state index in [0.717, 1.165) is 47.1 Å². The van der Waals surface area contributed by atoms with Gasteiger partial charge in [0.1, 0.15) is 4.88 Å². The van der Waals surface area contributed by atoms with Crippen LogP contribution in [0.3, 0.4) is 0 Å². The fourth-order valence-electron chi connectivity index (χ4n) is 6.70. The van der Waals surface area contributed by atoms with Crippen molar-refractivity contribution in [3.8, 4) is 0 Å². The van der Waals surface area contributed by atoms with Crippen molar-refractivity contribution in [2.75, 3.05) is 5.32 Å². The lowest BCUT2D eigenvalue weighted by atomic mass is 9.53. The predicted molar refractivity (Wildman–Crippen MR) is 130 cm³/mol. The first kappa shape index (κ1) is 20.3. The molecule has 7 rings (SSSR count). The minimum Gasteiger partial charge on any atom is -0.347 e. The van der Waals surface area contributed by atoms with Crippen LogP contribution >= 0.6 is 22.9 Å². The van der Waals surface area contributed by atoms with Gasteiger partial charge in [-0.15, -0.1) is 11.3 Å². The van der Waals surface area contributed by atoms with Gasteiger partial charge in [-0.1, -0.05) is 41.9 Å². The topological polar surface area (TPSA) is 58.2 Å². The van der Waals surface area contributed by atoms with E-state index in [-0.39, 0.29) is 17.4 Å². The average molecular weight is 465 g/mol. The maximum absolute atomic E-state index is 13.4. The van der Waals surface area contributed by atoms with Gasteiger partial charge in [-0.05, 0) is 74.5 Å². The Balaban J connectivity index is 1.25. The lowest BCUT2D eigenvalue weighted by molar-refractivity contribution is -0.0166. The Morgan fingerprint density at radius 3 is 2.19 bits per heavy atom. The Morgan fingerprint density at radius 1 is 0.875 bits per heavy atom. The Kier molecular flexibility index (Phi) is 4.81. The summed E-state index contributed by atoms with van der Waals surface area (Å²) in [5.41, 5.74) is 0.958. The SMILES string of the molecule is O=C(NC12CC3CC(CC(C3)C1)C2)c1ccccc1NC(=O)c1sc2ccccc2c1Cl. The maximum atomic E-state index is 13.4. The summed E-state index contributed by atoms with van der Waals surface area (Å²) in [6.45, 7) is 0. The van der Waals surface area contributed by atoms with Crippen molar-refractivity contribution in [3.63, 3.8) is 0 Å². The fraction of sp³-hybridized carbons (Fsp3) is 0.385. The average Bonchev–Trinajstić information content (AvgIpc) is 3.10. The molecule has 2 aromatic carbocycles. The Labute approximate surface area is 196 Å². The number of hydrogen-bond acceptors (Lipinski definition) is 3. The highest BCUT2D eigenvalue weighted by atomic mass is 35.5. The van der Waals surface area contributed by atoms with E-state index in [4.69, 9.17) is 11.6 Å². The molecule has 1 heterocycles. The van der Waals surface area contributed by atoms with Crippen LogP contribution in [0.1, 0.15) is 58.6 Å². The highest BCUT2D eigenvalue weighted by Crippen LogP contribution is 2.55. The first-order valence-electron chi connectivity index (χ1n) is 11.4. The van der Waals surface area contributed by atoms with E-state index in [1.54, 1.807) is 12.1 Å². The van der Waals surface area contributed by atoms with E-state index >= 15 is 0 Å². The molecule has 0 atom stereocenters. The zero-order valence-electron chi connectivity index (χ0n) is 17.7. The summed E-state index contributed by atoms with van der Waals surface area (Å²) >= 11 is 7.86. The summed E-state index contributed by atoms with van der Waals surface area (Å²) in [7, 11) is 0. The molecule has 0 spiro atoms. The third kappa shape index (κ3) is 3.43. The summed E-state index contributed by atoms with van der Waals surface area (Å²) in [6, 6.07) is 15.0. The number of thiophene rings is 1. The van der Waals surface area contributed by atoms with Crippen LogP contribution in [0.5, 0.6) is 0 Å². The zero-order chi connectivity index (χ0) is 21.9. The predicted octanol–water partition coefficient (Wildman–Crippen LogP) is 6.51. The second-order valence-electron chi connectivity index (χ2n) is 9.89. The molecule has 3 aromatic rings. The van der Waals surface area contributed by atoms with Crippen LogP contribution < -0.4 is 10.6 Å². The number of hydrogen-bond donors (Lipinski definition) is 2. The summed E-state index contributed by atoms with van der Waals surface area (Å²) in [6.07, 6.45) is 7.27. The monoisotopic (exact) mass is 464 g/mol. The number of halogens is 1. The van der Waals surface area contributed by atoms with E-state index in [1.807, 2.05) is 36.4 Å². The van der Waals surface area contributed by atoms with Crippen molar-refractivity contribution in [2.24, 2.45) is 17.8 Å². The summed E-state index contributed by atoms with van der Waals surface area (Å²) in [5.74, 6) is 1.89. The minimum atomic E-state index is -0.286. The van der Waals surface area contributed by atoms with Gasteiger partial charge in [0.2, 0.25) is 0 Å². The molecule has 4 aliphatic rings. The number of rotatable bonds is 4. The van der Waals surface area contributed by atoms with Crippen molar-refractivity contribution in [1.29, 1.82) is 0 Å². The summed E-state index contributed by atoms with van der Waals surface area (Å²) < 4.78 is 0.968. The van der Waals surface area contributed by atoms with Gasteiger partial charge >= 0.3 is 0 Å². The molecule has 0 radical (unpaired) electrons. The van der Waals surface area contributed by atoms with Crippen LogP contribution in [-0.2, 0) is 0 Å². The standard InChI is InChI=1S/C26H25ClN2O2S/c27-22-19-6-2-4-8-21(19)32-23(22)25(31)28-20-7-3-1-5-18(20)24(30)29-26-12-15-9-16(13-26)11-17(10-15)14-26/h1-8,15-17H,9-14H2,(H,28,31)(H,29,30). The summed E-state index contributed by atoms with van der Waals surface area (Å²) in [5, 5.41) is 7.69. The Bertz CT molecular complexity index is 1200. The number of fused-ring (bicyclic) bond motifs is 1. The molecular formula is C26H25ClN2O2S. The van der Waals surface area contributed by atoms with Crippen molar-refractivity contribution in [3.05, 3.63) is 64.0 Å². The van der Waals surface area contributed by atoms with E-state index in [0.29, 0.717) is 21.2 Å². The second kappa shape index (κ2) is 7.60. The molecule has 4 aliphatic carbocycles. The number of benzene rings is 2. The van der Waals surface area contributed by atoms with E-state index in [9.17, 15) is 9.59 Å². The Morgan fingerprint density at radius 2 is 1.50 bits per heavy atom. The lowest BCUT2D eigenvalue weighted by Gasteiger charge is -2.56. The van der Waals surface area contributed by atoms with Crippen LogP contribution in [0.15, 0.2) is 48.5 Å². The number of amides is 2. The molecule has 2 amide bonds. The van der Waals surface area contributed by atoms with Gasteiger partial charge in [0.15, 0.2) is 0 Å². The number of nitrogens with one attached hydrogen (secondary N) is 2. The minimum absolute atomic E-state index is 0.0717. The molecule has 4 fully saturated rings. The zero-order valence-corrected chi connectivity index (χ0v) is 19.3. The van der Waals surface area contributed by atoms with Crippen LogP contribution in [-0.4, -0.2) is 17.4 Å². The highest BCUT2D eigenvalue weighted by Gasteiger charge is 2.51. The van der Waals surface area contributed by atoms with Crippen LogP contribution in [0.4, 0.5) is 5.69 Å². The van der Waals surface area contributed by atoms with Crippen molar-refractivity contribution in [2.45, 2.75) is 44.1 Å². The molecule has 164 valence electrons. The van der Waals surface area contributed by atoms with Crippen LogP contribution in [0, 0.1) is 17.8 Å². The molecule has 1 aromatic heterocycles. The first-order valence-corrected chi connectivity index (χ1v) is 12.6. The first-order chi connectivity index (χ1) is 15.5. The van der Waals surface area contributed by atoms with Gasteiger partial charge in [-0.2, -0.15) is 0 Å². The van der Waals surface area contributed by atoms with Crippen molar-refractivity contribution >= 4 is 50.5 Å². The van der Waals surface area contributed by atoms with Crippen LogP contribution in [0.25, 0.3) is 10.1 Å². The van der Waals surface area contributed by atoms with E-state index in [2.05, 4.69) is 10.6 Å². The molecule has 4 nitrogen and oxygen atoms in total. The molecule has 0 unspecified atom stereocenters. The quantitative estimate of drug-likeness (QED) is 0.462. The van der Waals surface area contributed by atoms with Gasteiger partial charge < -0.3 is 10.6 Å². The largest absolute Gasteiger partial charge is 0.347 e. The molecule has 4 saturated carbocycles. The Hall–Kier alpha value is -2.37. The van der Waals surface area contributed by atoms with E-state index in [1.165, 1.54) is 30.6 Å². The van der Waals surface area contributed by atoms with Gasteiger partial charge in [-0.25, -0.2) is 0 Å². The molecule has 4 bridgehead atoms. The molecule has 2 N–H and O–H groups in total. The molecule has 0 saturated heterocycles. The molecular weight excluding hydrogens is 440 g/mol. The van der Waals surface area contributed by atoms with Crippen molar-refractivity contribution in [1.82, 2.24) is 5.32 Å². The maximum Gasteiger partial charge on any atom is 0.267 e. The van der Waals surface area contributed by atoms with Gasteiger partial charge in [0.25, 0.3) is 11.8 Å². The van der Waals surface area contributed by atoms with Gasteiger partial charge in [0, 0.05) is 15.6 Å². The number of para-hydroxylation sites is 1. The normalized spacial score (nSPS) is 28.1. The molecule has 0 aliphatic heterocycles. The fourth-order valence-corrected chi connectivity index (χ4v) is 8.11. The third-order valence-electron chi connectivity index (χ3n) is 7.58. The second-order valence-corrected chi connectivity index (χ2v) is 11.3. The van der Waals surface area contributed by atoms with Gasteiger partial charge in [0.05, 0.1) is 16.3 Å². The summed E-state index contributed by atoms with van der Waals surface area (Å²) in [4.78, 5) is 26.9. The van der Waals surface area contributed by atoms with E-state index < -0.39 is 0 Å². The molecule has 6 heteroatoms. The number of carbonyl (C=O) groups is 2. The number of anilines is 1.